The SMILES string of the molecule is Cc1ccnc(-c2ccc(C(=O)Nc3ccc(Cl)c(C(F)(F)F)c3)cc2)c1. The van der Waals surface area contributed by atoms with Crippen LogP contribution in [0.4, 0.5) is 18.9 Å². The van der Waals surface area contributed by atoms with Crippen molar-refractivity contribution < 1.29 is 18.0 Å². The molecule has 0 saturated heterocycles. The topological polar surface area (TPSA) is 42.0 Å². The summed E-state index contributed by atoms with van der Waals surface area (Å²) >= 11 is 5.58. The zero-order chi connectivity index (χ0) is 19.6. The Balaban J connectivity index is 1.79. The molecular weight excluding hydrogens is 377 g/mol. The number of aromatic nitrogens is 1. The first kappa shape index (κ1) is 18.9. The number of carbonyl (C=O) groups is 1. The van der Waals surface area contributed by atoms with E-state index in [0.717, 1.165) is 29.0 Å². The van der Waals surface area contributed by atoms with Crippen LogP contribution in [0.3, 0.4) is 0 Å². The highest BCUT2D eigenvalue weighted by Gasteiger charge is 2.33. The van der Waals surface area contributed by atoms with Crippen molar-refractivity contribution in [1.82, 2.24) is 4.98 Å². The van der Waals surface area contributed by atoms with Crippen LogP contribution < -0.4 is 5.32 Å². The van der Waals surface area contributed by atoms with Crippen LogP contribution >= 0.6 is 11.6 Å². The largest absolute Gasteiger partial charge is 0.417 e. The Bertz CT molecular complexity index is 985. The van der Waals surface area contributed by atoms with Crippen LogP contribution in [0.15, 0.2) is 60.8 Å². The van der Waals surface area contributed by atoms with Gasteiger partial charge < -0.3 is 5.32 Å². The van der Waals surface area contributed by atoms with E-state index in [1.807, 2.05) is 19.1 Å². The molecule has 0 saturated carbocycles. The first-order valence-corrected chi connectivity index (χ1v) is 8.33. The number of pyridine rings is 1. The van der Waals surface area contributed by atoms with Gasteiger partial charge in [-0.05, 0) is 55.0 Å². The van der Waals surface area contributed by atoms with Crippen LogP contribution in [-0.4, -0.2) is 10.9 Å². The average Bonchev–Trinajstić information content (AvgIpc) is 2.62. The van der Waals surface area contributed by atoms with Gasteiger partial charge in [0, 0.05) is 23.0 Å². The highest BCUT2D eigenvalue weighted by molar-refractivity contribution is 6.31. The molecule has 0 atom stereocenters. The van der Waals surface area contributed by atoms with Crippen molar-refractivity contribution in [3.05, 3.63) is 82.5 Å². The van der Waals surface area contributed by atoms with E-state index in [9.17, 15) is 18.0 Å². The summed E-state index contributed by atoms with van der Waals surface area (Å²) in [6.45, 7) is 1.95. The lowest BCUT2D eigenvalue weighted by atomic mass is 10.1. The van der Waals surface area contributed by atoms with E-state index in [1.165, 1.54) is 6.07 Å². The van der Waals surface area contributed by atoms with Crippen LogP contribution in [0.5, 0.6) is 0 Å². The second-order valence-corrected chi connectivity index (χ2v) is 6.35. The van der Waals surface area contributed by atoms with E-state index in [1.54, 1.807) is 30.5 Å². The van der Waals surface area contributed by atoms with E-state index in [4.69, 9.17) is 11.6 Å². The monoisotopic (exact) mass is 390 g/mol. The van der Waals surface area contributed by atoms with Crippen molar-refractivity contribution in [3.8, 4) is 11.3 Å². The first-order chi connectivity index (χ1) is 12.7. The van der Waals surface area contributed by atoms with Crippen molar-refractivity contribution in [2.75, 3.05) is 5.32 Å². The molecule has 0 aliphatic heterocycles. The molecule has 27 heavy (non-hydrogen) atoms. The summed E-state index contributed by atoms with van der Waals surface area (Å²) in [7, 11) is 0. The molecule has 2 aromatic carbocycles. The molecule has 1 aromatic heterocycles. The smallest absolute Gasteiger partial charge is 0.322 e. The van der Waals surface area contributed by atoms with Crippen LogP contribution in [0, 0.1) is 6.92 Å². The molecule has 1 amide bonds. The number of hydrogen-bond acceptors (Lipinski definition) is 2. The fourth-order valence-corrected chi connectivity index (χ4v) is 2.73. The third-order valence-electron chi connectivity index (χ3n) is 3.89. The number of benzene rings is 2. The van der Waals surface area contributed by atoms with Gasteiger partial charge in [0.25, 0.3) is 5.91 Å². The van der Waals surface area contributed by atoms with Gasteiger partial charge in [0.05, 0.1) is 16.3 Å². The van der Waals surface area contributed by atoms with E-state index in [-0.39, 0.29) is 5.69 Å². The number of rotatable bonds is 3. The number of anilines is 1. The molecular formula is C20H14ClF3N2O. The van der Waals surface area contributed by atoms with Crippen LogP contribution in [0.25, 0.3) is 11.3 Å². The quantitative estimate of drug-likeness (QED) is 0.597. The Morgan fingerprint density at radius 3 is 2.37 bits per heavy atom. The normalized spacial score (nSPS) is 11.3. The van der Waals surface area contributed by atoms with Crippen LogP contribution in [-0.2, 0) is 6.18 Å². The highest BCUT2D eigenvalue weighted by atomic mass is 35.5. The summed E-state index contributed by atoms with van der Waals surface area (Å²) in [6, 6.07) is 13.7. The minimum absolute atomic E-state index is 0.0150. The summed E-state index contributed by atoms with van der Waals surface area (Å²) in [4.78, 5) is 16.6. The van der Waals surface area contributed by atoms with Gasteiger partial charge >= 0.3 is 6.18 Å². The maximum Gasteiger partial charge on any atom is 0.417 e. The van der Waals surface area contributed by atoms with Crippen molar-refractivity contribution in [2.45, 2.75) is 13.1 Å². The van der Waals surface area contributed by atoms with Gasteiger partial charge in [-0.25, -0.2) is 0 Å². The zero-order valence-electron chi connectivity index (χ0n) is 14.1. The lowest BCUT2D eigenvalue weighted by molar-refractivity contribution is -0.137. The summed E-state index contributed by atoms with van der Waals surface area (Å²) < 4.78 is 38.8. The second kappa shape index (κ2) is 7.40. The molecule has 0 radical (unpaired) electrons. The number of aryl methyl sites for hydroxylation is 1. The molecule has 3 aromatic rings. The predicted molar refractivity (Wildman–Crippen MR) is 98.8 cm³/mol. The van der Waals surface area contributed by atoms with Gasteiger partial charge in [0.1, 0.15) is 0 Å². The lowest BCUT2D eigenvalue weighted by Crippen LogP contribution is -2.13. The number of halogens is 4. The molecule has 0 bridgehead atoms. The second-order valence-electron chi connectivity index (χ2n) is 5.94. The molecule has 7 heteroatoms. The fourth-order valence-electron chi connectivity index (χ4n) is 2.51. The molecule has 0 spiro atoms. The van der Waals surface area contributed by atoms with Crippen LogP contribution in [0.1, 0.15) is 21.5 Å². The number of amides is 1. The van der Waals surface area contributed by atoms with Crippen molar-refractivity contribution in [3.63, 3.8) is 0 Å². The summed E-state index contributed by atoms with van der Waals surface area (Å²) in [6.07, 6.45) is -2.90. The van der Waals surface area contributed by atoms with Gasteiger partial charge in [0.2, 0.25) is 0 Å². The predicted octanol–water partition coefficient (Wildman–Crippen LogP) is 5.98. The van der Waals surface area contributed by atoms with E-state index in [2.05, 4.69) is 10.3 Å². The third-order valence-corrected chi connectivity index (χ3v) is 4.22. The zero-order valence-corrected chi connectivity index (χ0v) is 14.9. The first-order valence-electron chi connectivity index (χ1n) is 7.95. The van der Waals surface area contributed by atoms with E-state index in [0.29, 0.717) is 5.56 Å². The number of nitrogens with one attached hydrogen (secondary N) is 1. The number of alkyl halides is 3. The Hall–Kier alpha value is -2.86. The molecule has 3 rings (SSSR count). The van der Waals surface area contributed by atoms with Gasteiger partial charge in [-0.1, -0.05) is 23.7 Å². The van der Waals surface area contributed by atoms with Crippen molar-refractivity contribution >= 4 is 23.2 Å². The Labute approximate surface area is 158 Å². The number of hydrogen-bond donors (Lipinski definition) is 1. The molecule has 0 aliphatic carbocycles. The molecule has 0 fully saturated rings. The number of nitrogens with zero attached hydrogens (tertiary/aromatic N) is 1. The van der Waals surface area contributed by atoms with Crippen molar-refractivity contribution in [1.29, 1.82) is 0 Å². The third kappa shape index (κ3) is 4.46. The lowest BCUT2D eigenvalue weighted by Gasteiger charge is -2.12. The molecule has 138 valence electrons. The number of carbonyl (C=O) groups excluding carboxylic acids is 1. The minimum atomic E-state index is -4.60. The fraction of sp³-hybridized carbons (Fsp3) is 0.100. The summed E-state index contributed by atoms with van der Waals surface area (Å²) in [5.74, 6) is -0.519. The van der Waals surface area contributed by atoms with Gasteiger partial charge in [-0.2, -0.15) is 13.2 Å². The molecule has 0 unspecified atom stereocenters. The molecule has 1 N–H and O–H groups in total. The Morgan fingerprint density at radius 1 is 1.04 bits per heavy atom. The van der Waals surface area contributed by atoms with Gasteiger partial charge in [-0.3, -0.25) is 9.78 Å². The van der Waals surface area contributed by atoms with Gasteiger partial charge in [-0.15, -0.1) is 0 Å². The van der Waals surface area contributed by atoms with E-state index < -0.39 is 22.7 Å². The Kier molecular flexibility index (Phi) is 5.19. The van der Waals surface area contributed by atoms with E-state index >= 15 is 0 Å². The standard InChI is InChI=1S/C20H14ClF3N2O/c1-12-8-9-25-18(10-12)13-2-4-14(5-3-13)19(27)26-15-6-7-17(21)16(11-15)20(22,23)24/h2-11H,1H3,(H,26,27). The highest BCUT2D eigenvalue weighted by Crippen LogP contribution is 2.36. The van der Waals surface area contributed by atoms with Crippen molar-refractivity contribution in [2.24, 2.45) is 0 Å². The molecule has 1 heterocycles. The average molecular weight is 391 g/mol. The summed E-state index contributed by atoms with van der Waals surface area (Å²) in [5.41, 5.74) is 2.00. The maximum atomic E-state index is 12.9. The summed E-state index contributed by atoms with van der Waals surface area (Å²) in [5, 5.41) is 2.03. The minimum Gasteiger partial charge on any atom is -0.322 e. The maximum absolute atomic E-state index is 12.9. The Morgan fingerprint density at radius 2 is 1.74 bits per heavy atom. The van der Waals surface area contributed by atoms with Crippen LogP contribution in [0.2, 0.25) is 5.02 Å². The molecule has 0 aliphatic rings. The van der Waals surface area contributed by atoms with Gasteiger partial charge in [0.15, 0.2) is 0 Å². The molecule has 3 nitrogen and oxygen atoms in total.